The van der Waals surface area contributed by atoms with Crippen LogP contribution in [-0.2, 0) is 4.79 Å². The van der Waals surface area contributed by atoms with Crippen molar-refractivity contribution in [3.63, 3.8) is 0 Å². The minimum absolute atomic E-state index is 0.0204. The van der Waals surface area contributed by atoms with Crippen LogP contribution in [0.3, 0.4) is 0 Å². The van der Waals surface area contributed by atoms with Crippen molar-refractivity contribution in [2.45, 2.75) is 51.5 Å². The van der Waals surface area contributed by atoms with Crippen LogP contribution in [0.1, 0.15) is 55.8 Å². The largest absolute Gasteiger partial charge is 0.339 e. The molecule has 1 aliphatic carbocycles. The molecule has 3 aliphatic rings. The molecule has 134 valence electrons. The van der Waals surface area contributed by atoms with Crippen LogP contribution in [0.4, 0.5) is 0 Å². The van der Waals surface area contributed by atoms with E-state index in [1.165, 1.54) is 12.8 Å². The van der Waals surface area contributed by atoms with Crippen LogP contribution in [0.5, 0.6) is 0 Å². The molecule has 2 unspecified atom stereocenters. The minimum atomic E-state index is -0.0394. The van der Waals surface area contributed by atoms with Gasteiger partial charge in [0.1, 0.15) is 0 Å². The van der Waals surface area contributed by atoms with Crippen molar-refractivity contribution in [2.75, 3.05) is 19.6 Å². The first-order valence-electron chi connectivity index (χ1n) is 9.58. The Morgan fingerprint density at radius 1 is 1.12 bits per heavy atom. The highest BCUT2D eigenvalue weighted by atomic mass is 16.2. The minimum Gasteiger partial charge on any atom is -0.339 e. The van der Waals surface area contributed by atoms with Crippen LogP contribution in [0, 0.1) is 11.3 Å². The number of piperidine rings is 1. The zero-order valence-electron chi connectivity index (χ0n) is 15.0. The van der Waals surface area contributed by atoms with Gasteiger partial charge in [-0.15, -0.1) is 0 Å². The van der Waals surface area contributed by atoms with Crippen LogP contribution in [0.15, 0.2) is 24.5 Å². The lowest BCUT2D eigenvalue weighted by Gasteiger charge is -2.37. The standard InChI is InChI=1S/C20H27N3O2/c1-20(8-9-20)17-5-3-13-23(17)19(25)16-4-2-12-22(14-16)18(24)15-6-10-21-11-7-15/h6-7,10-11,16-17H,2-5,8-9,12-14H2,1H3. The molecule has 0 spiro atoms. The lowest BCUT2D eigenvalue weighted by molar-refractivity contribution is -0.139. The number of aromatic nitrogens is 1. The summed E-state index contributed by atoms with van der Waals surface area (Å²) < 4.78 is 0. The lowest BCUT2D eigenvalue weighted by atomic mass is 9.92. The van der Waals surface area contributed by atoms with Gasteiger partial charge in [0.25, 0.3) is 5.91 Å². The maximum absolute atomic E-state index is 13.2. The Morgan fingerprint density at radius 2 is 1.84 bits per heavy atom. The van der Waals surface area contributed by atoms with Gasteiger partial charge >= 0.3 is 0 Å². The van der Waals surface area contributed by atoms with Crippen molar-refractivity contribution < 1.29 is 9.59 Å². The van der Waals surface area contributed by atoms with Crippen LogP contribution >= 0.6 is 0 Å². The highest BCUT2D eigenvalue weighted by Gasteiger charge is 2.50. The molecule has 1 saturated carbocycles. The van der Waals surface area contributed by atoms with Crippen molar-refractivity contribution in [1.82, 2.24) is 14.8 Å². The molecule has 2 aliphatic heterocycles. The number of nitrogens with zero attached hydrogens (tertiary/aromatic N) is 3. The first kappa shape index (κ1) is 16.6. The first-order chi connectivity index (χ1) is 12.1. The van der Waals surface area contributed by atoms with Crippen molar-refractivity contribution in [3.05, 3.63) is 30.1 Å². The van der Waals surface area contributed by atoms with Gasteiger partial charge in [-0.05, 0) is 56.1 Å². The average molecular weight is 341 g/mol. The van der Waals surface area contributed by atoms with E-state index in [1.807, 2.05) is 4.90 Å². The predicted molar refractivity (Wildman–Crippen MR) is 94.9 cm³/mol. The van der Waals surface area contributed by atoms with Gasteiger partial charge in [-0.3, -0.25) is 14.6 Å². The fourth-order valence-electron chi connectivity index (χ4n) is 4.56. The summed E-state index contributed by atoms with van der Waals surface area (Å²) in [5, 5.41) is 0. The summed E-state index contributed by atoms with van der Waals surface area (Å²) in [7, 11) is 0. The van der Waals surface area contributed by atoms with Gasteiger partial charge in [0.15, 0.2) is 0 Å². The molecule has 1 aromatic rings. The highest BCUT2D eigenvalue weighted by molar-refractivity contribution is 5.94. The van der Waals surface area contributed by atoms with Crippen LogP contribution in [0.25, 0.3) is 0 Å². The quantitative estimate of drug-likeness (QED) is 0.849. The van der Waals surface area contributed by atoms with E-state index in [2.05, 4.69) is 16.8 Å². The average Bonchev–Trinajstić information content (AvgIpc) is 3.21. The Hall–Kier alpha value is -1.91. The molecule has 25 heavy (non-hydrogen) atoms. The van der Waals surface area contributed by atoms with E-state index in [9.17, 15) is 9.59 Å². The molecule has 0 bridgehead atoms. The molecule has 2 atom stereocenters. The molecule has 4 rings (SSSR count). The Balaban J connectivity index is 1.44. The fourth-order valence-corrected chi connectivity index (χ4v) is 4.56. The van der Waals surface area contributed by atoms with Gasteiger partial charge in [0, 0.05) is 43.6 Å². The van der Waals surface area contributed by atoms with Gasteiger partial charge in [-0.1, -0.05) is 6.92 Å². The molecule has 3 heterocycles. The molecule has 0 radical (unpaired) electrons. The molecule has 2 amide bonds. The third kappa shape index (κ3) is 3.16. The third-order valence-corrected chi connectivity index (χ3v) is 6.36. The van der Waals surface area contributed by atoms with E-state index >= 15 is 0 Å². The predicted octanol–water partition coefficient (Wildman–Crippen LogP) is 2.72. The number of carbonyl (C=O) groups excluding carboxylic acids is 2. The van der Waals surface area contributed by atoms with Gasteiger partial charge in [-0.2, -0.15) is 0 Å². The van der Waals surface area contributed by atoms with E-state index in [4.69, 9.17) is 0 Å². The summed E-state index contributed by atoms with van der Waals surface area (Å²) in [5.74, 6) is 0.261. The highest BCUT2D eigenvalue weighted by Crippen LogP contribution is 2.53. The number of amides is 2. The van der Waals surface area contributed by atoms with E-state index in [-0.39, 0.29) is 17.7 Å². The molecule has 0 aromatic carbocycles. The Labute approximate surface area is 149 Å². The van der Waals surface area contributed by atoms with Crippen LogP contribution < -0.4 is 0 Å². The van der Waals surface area contributed by atoms with Crippen LogP contribution in [-0.4, -0.2) is 52.3 Å². The van der Waals surface area contributed by atoms with Crippen molar-refractivity contribution in [1.29, 1.82) is 0 Å². The Bertz CT molecular complexity index is 656. The molecule has 5 heteroatoms. The summed E-state index contributed by atoms with van der Waals surface area (Å²) in [6, 6.07) is 3.92. The fraction of sp³-hybridized carbons (Fsp3) is 0.650. The maximum Gasteiger partial charge on any atom is 0.253 e. The van der Waals surface area contributed by atoms with Crippen molar-refractivity contribution in [2.24, 2.45) is 11.3 Å². The number of carbonyl (C=O) groups is 2. The summed E-state index contributed by atoms with van der Waals surface area (Å²) in [6.07, 6.45) is 9.86. The second kappa shape index (κ2) is 6.43. The van der Waals surface area contributed by atoms with E-state index < -0.39 is 0 Å². The molecule has 1 aromatic heterocycles. The normalized spacial score (nSPS) is 28.0. The van der Waals surface area contributed by atoms with Crippen molar-refractivity contribution in [3.8, 4) is 0 Å². The van der Waals surface area contributed by atoms with E-state index in [1.54, 1.807) is 24.5 Å². The van der Waals surface area contributed by atoms with Gasteiger partial charge in [0.2, 0.25) is 5.91 Å². The molecule has 0 N–H and O–H groups in total. The van der Waals surface area contributed by atoms with Gasteiger partial charge < -0.3 is 9.80 Å². The zero-order valence-corrected chi connectivity index (χ0v) is 15.0. The third-order valence-electron chi connectivity index (χ3n) is 6.36. The van der Waals surface area contributed by atoms with E-state index in [0.29, 0.717) is 23.6 Å². The van der Waals surface area contributed by atoms with Crippen molar-refractivity contribution >= 4 is 11.8 Å². The molecule has 3 fully saturated rings. The number of pyridine rings is 1. The van der Waals surface area contributed by atoms with Gasteiger partial charge in [0.05, 0.1) is 5.92 Å². The molecule has 2 saturated heterocycles. The number of rotatable bonds is 3. The topological polar surface area (TPSA) is 53.5 Å². The summed E-state index contributed by atoms with van der Waals surface area (Å²) in [5.41, 5.74) is 1.01. The Kier molecular flexibility index (Phi) is 4.26. The monoisotopic (exact) mass is 341 g/mol. The smallest absolute Gasteiger partial charge is 0.253 e. The van der Waals surface area contributed by atoms with Crippen LogP contribution in [0.2, 0.25) is 0 Å². The summed E-state index contributed by atoms with van der Waals surface area (Å²) >= 11 is 0. The number of hydrogen-bond acceptors (Lipinski definition) is 3. The molecular formula is C20H27N3O2. The molecule has 5 nitrogen and oxygen atoms in total. The second-order valence-corrected chi connectivity index (χ2v) is 8.17. The molecular weight excluding hydrogens is 314 g/mol. The second-order valence-electron chi connectivity index (χ2n) is 8.17. The Morgan fingerprint density at radius 3 is 2.56 bits per heavy atom. The SMILES string of the molecule is CC1(C2CCCN2C(=O)C2CCCN(C(=O)c3ccncc3)C2)CC1. The zero-order chi connectivity index (χ0) is 17.4. The summed E-state index contributed by atoms with van der Waals surface area (Å²) in [4.78, 5) is 33.8. The number of hydrogen-bond donors (Lipinski definition) is 0. The lowest BCUT2D eigenvalue weighted by Crippen LogP contribution is -2.49. The van der Waals surface area contributed by atoms with Gasteiger partial charge in [-0.25, -0.2) is 0 Å². The summed E-state index contributed by atoms with van der Waals surface area (Å²) in [6.45, 7) is 4.52. The number of likely N-dealkylation sites (tertiary alicyclic amines) is 2. The van der Waals surface area contributed by atoms with E-state index in [0.717, 1.165) is 38.8 Å². The maximum atomic E-state index is 13.2. The first-order valence-corrected chi connectivity index (χ1v) is 9.58.